The van der Waals surface area contributed by atoms with Crippen molar-refractivity contribution in [1.29, 1.82) is 0 Å². The molecule has 0 radical (unpaired) electrons. The van der Waals surface area contributed by atoms with Crippen LogP contribution in [0.5, 0.6) is 0 Å². The summed E-state index contributed by atoms with van der Waals surface area (Å²) in [4.78, 5) is 11.3. The molecular formula is C15H27NO2. The molecule has 0 heterocycles. The van der Waals surface area contributed by atoms with Gasteiger partial charge in [-0.25, -0.2) is 0 Å². The van der Waals surface area contributed by atoms with E-state index in [0.29, 0.717) is 12.6 Å². The third-order valence-electron chi connectivity index (χ3n) is 4.81. The Balaban J connectivity index is 1.86. The molecule has 3 nitrogen and oxygen atoms in total. The Morgan fingerprint density at radius 1 is 1.06 bits per heavy atom. The average molecular weight is 253 g/mol. The van der Waals surface area contributed by atoms with Gasteiger partial charge in [-0.1, -0.05) is 44.9 Å². The van der Waals surface area contributed by atoms with E-state index in [9.17, 15) is 4.79 Å². The molecule has 2 unspecified atom stereocenters. The number of hydrogen-bond acceptors (Lipinski definition) is 3. The van der Waals surface area contributed by atoms with Gasteiger partial charge in [-0.3, -0.25) is 4.79 Å². The second-order valence-electron chi connectivity index (χ2n) is 5.91. The quantitative estimate of drug-likeness (QED) is 0.783. The highest BCUT2D eigenvalue weighted by Crippen LogP contribution is 2.38. The molecule has 0 saturated heterocycles. The summed E-state index contributed by atoms with van der Waals surface area (Å²) in [7, 11) is 1.46. The summed E-state index contributed by atoms with van der Waals surface area (Å²) in [6.07, 6.45) is 12.3. The number of carbonyl (C=O) groups is 1. The van der Waals surface area contributed by atoms with Crippen molar-refractivity contribution in [3.63, 3.8) is 0 Å². The van der Waals surface area contributed by atoms with Gasteiger partial charge in [-0.15, -0.1) is 0 Å². The molecule has 3 heteroatoms. The van der Waals surface area contributed by atoms with Crippen molar-refractivity contribution in [2.24, 2.45) is 11.8 Å². The summed E-state index contributed by atoms with van der Waals surface area (Å²) in [5.74, 6) is 1.56. The first-order valence-electron chi connectivity index (χ1n) is 7.61. The van der Waals surface area contributed by atoms with Crippen molar-refractivity contribution in [2.75, 3.05) is 13.7 Å². The van der Waals surface area contributed by atoms with Crippen molar-refractivity contribution in [3.05, 3.63) is 0 Å². The molecule has 2 aliphatic carbocycles. The molecule has 0 aromatic carbocycles. The maximum absolute atomic E-state index is 11.3. The number of nitrogens with one attached hydrogen (secondary N) is 1. The molecule has 2 rings (SSSR count). The molecule has 2 atom stereocenters. The minimum atomic E-state index is -0.136. The maximum atomic E-state index is 11.3. The van der Waals surface area contributed by atoms with Gasteiger partial charge in [0, 0.05) is 6.04 Å². The molecule has 0 aliphatic heterocycles. The van der Waals surface area contributed by atoms with E-state index in [1.54, 1.807) is 0 Å². The van der Waals surface area contributed by atoms with Gasteiger partial charge in [0.15, 0.2) is 0 Å². The summed E-state index contributed by atoms with van der Waals surface area (Å²) < 4.78 is 4.72. The summed E-state index contributed by atoms with van der Waals surface area (Å²) in [5.41, 5.74) is 0. The molecule has 0 aromatic heterocycles. The van der Waals surface area contributed by atoms with Gasteiger partial charge in [0.25, 0.3) is 0 Å². The molecule has 2 aliphatic rings. The minimum Gasteiger partial charge on any atom is -0.468 e. The normalized spacial score (nSPS) is 30.1. The molecule has 0 amide bonds. The van der Waals surface area contributed by atoms with Crippen LogP contribution in [0.3, 0.4) is 0 Å². The fourth-order valence-corrected chi connectivity index (χ4v) is 3.83. The molecule has 0 aromatic rings. The zero-order valence-electron chi connectivity index (χ0n) is 11.6. The monoisotopic (exact) mass is 253 g/mol. The first-order valence-corrected chi connectivity index (χ1v) is 7.61. The van der Waals surface area contributed by atoms with Crippen LogP contribution >= 0.6 is 0 Å². The van der Waals surface area contributed by atoms with E-state index < -0.39 is 0 Å². The van der Waals surface area contributed by atoms with Crippen LogP contribution in [-0.2, 0) is 9.53 Å². The van der Waals surface area contributed by atoms with Crippen LogP contribution in [-0.4, -0.2) is 25.7 Å². The van der Waals surface area contributed by atoms with E-state index in [4.69, 9.17) is 4.74 Å². The van der Waals surface area contributed by atoms with Gasteiger partial charge in [-0.05, 0) is 24.7 Å². The number of rotatable bonds is 4. The van der Waals surface area contributed by atoms with Crippen molar-refractivity contribution >= 4 is 5.97 Å². The molecule has 0 bridgehead atoms. The van der Waals surface area contributed by atoms with Crippen LogP contribution < -0.4 is 5.32 Å². The molecule has 2 fully saturated rings. The zero-order valence-corrected chi connectivity index (χ0v) is 11.6. The molecule has 0 spiro atoms. The van der Waals surface area contributed by atoms with Crippen LogP contribution in [0.15, 0.2) is 0 Å². The number of esters is 1. The molecule has 104 valence electrons. The summed E-state index contributed by atoms with van der Waals surface area (Å²) in [5, 5.41) is 3.45. The number of ether oxygens (including phenoxy) is 1. The Hall–Kier alpha value is -0.570. The Morgan fingerprint density at radius 2 is 1.72 bits per heavy atom. The predicted molar refractivity (Wildman–Crippen MR) is 72.3 cm³/mol. The Bertz CT molecular complexity index is 261. The van der Waals surface area contributed by atoms with Gasteiger partial charge in [0.05, 0.1) is 13.7 Å². The highest BCUT2D eigenvalue weighted by atomic mass is 16.5. The van der Waals surface area contributed by atoms with Crippen LogP contribution in [0.2, 0.25) is 0 Å². The molecule has 1 N–H and O–H groups in total. The number of hydrogen-bond donors (Lipinski definition) is 1. The van der Waals surface area contributed by atoms with Crippen LogP contribution in [0.25, 0.3) is 0 Å². The van der Waals surface area contributed by atoms with E-state index in [-0.39, 0.29) is 5.97 Å². The lowest BCUT2D eigenvalue weighted by molar-refractivity contribution is -0.139. The van der Waals surface area contributed by atoms with Crippen LogP contribution in [0.1, 0.15) is 57.8 Å². The van der Waals surface area contributed by atoms with Crippen molar-refractivity contribution in [2.45, 2.75) is 63.8 Å². The van der Waals surface area contributed by atoms with Gasteiger partial charge in [0.2, 0.25) is 0 Å². The first kappa shape index (κ1) is 13.9. The second-order valence-corrected chi connectivity index (χ2v) is 5.91. The lowest BCUT2D eigenvalue weighted by Crippen LogP contribution is -2.44. The average Bonchev–Trinajstić information content (AvgIpc) is 2.46. The van der Waals surface area contributed by atoms with Gasteiger partial charge in [-0.2, -0.15) is 0 Å². The number of carbonyl (C=O) groups excluding carboxylic acids is 1. The largest absolute Gasteiger partial charge is 0.468 e. The molecule has 2 saturated carbocycles. The first-order chi connectivity index (χ1) is 8.81. The van der Waals surface area contributed by atoms with Crippen LogP contribution in [0, 0.1) is 11.8 Å². The van der Waals surface area contributed by atoms with E-state index in [0.717, 1.165) is 11.8 Å². The third kappa shape index (κ3) is 3.71. The standard InChI is InChI=1S/C15H27NO2/c1-18-15(17)11-16-14-10-6-5-9-13(14)12-7-3-2-4-8-12/h12-14,16H,2-11H2,1H3. The van der Waals surface area contributed by atoms with E-state index >= 15 is 0 Å². The lowest BCUT2D eigenvalue weighted by Gasteiger charge is -2.39. The van der Waals surface area contributed by atoms with Gasteiger partial charge >= 0.3 is 5.97 Å². The van der Waals surface area contributed by atoms with Gasteiger partial charge in [0.1, 0.15) is 0 Å². The lowest BCUT2D eigenvalue weighted by atomic mass is 9.71. The van der Waals surface area contributed by atoms with E-state index in [1.165, 1.54) is 64.9 Å². The Morgan fingerprint density at radius 3 is 2.44 bits per heavy atom. The highest BCUT2D eigenvalue weighted by Gasteiger charge is 2.32. The Kier molecular flexibility index (Phi) is 5.48. The van der Waals surface area contributed by atoms with Crippen molar-refractivity contribution in [1.82, 2.24) is 5.32 Å². The fraction of sp³-hybridized carbons (Fsp3) is 0.933. The Labute approximate surface area is 111 Å². The van der Waals surface area contributed by atoms with Crippen molar-refractivity contribution in [3.8, 4) is 0 Å². The molecular weight excluding hydrogens is 226 g/mol. The third-order valence-corrected chi connectivity index (χ3v) is 4.81. The SMILES string of the molecule is COC(=O)CNC1CCCCC1C1CCCCC1. The smallest absolute Gasteiger partial charge is 0.319 e. The molecule has 18 heavy (non-hydrogen) atoms. The van der Waals surface area contributed by atoms with E-state index in [1.807, 2.05) is 0 Å². The topological polar surface area (TPSA) is 38.3 Å². The summed E-state index contributed by atoms with van der Waals surface area (Å²) in [6, 6.07) is 0.543. The van der Waals surface area contributed by atoms with Crippen molar-refractivity contribution < 1.29 is 9.53 Å². The maximum Gasteiger partial charge on any atom is 0.319 e. The highest BCUT2D eigenvalue weighted by molar-refractivity contribution is 5.71. The van der Waals surface area contributed by atoms with Gasteiger partial charge < -0.3 is 10.1 Å². The predicted octanol–water partition coefficient (Wildman–Crippen LogP) is 2.89. The zero-order chi connectivity index (χ0) is 12.8. The summed E-state index contributed by atoms with van der Waals surface area (Å²) >= 11 is 0. The fourth-order valence-electron chi connectivity index (χ4n) is 3.83. The van der Waals surface area contributed by atoms with E-state index in [2.05, 4.69) is 5.32 Å². The second kappa shape index (κ2) is 7.13. The summed E-state index contributed by atoms with van der Waals surface area (Å²) in [6.45, 7) is 0.379. The minimum absolute atomic E-state index is 0.136. The van der Waals surface area contributed by atoms with Crippen LogP contribution in [0.4, 0.5) is 0 Å². The number of methoxy groups -OCH3 is 1.